The van der Waals surface area contributed by atoms with Gasteiger partial charge in [0, 0.05) is 12.3 Å². The average molecular weight is 326 g/mol. The van der Waals surface area contributed by atoms with Crippen molar-refractivity contribution >= 4 is 27.6 Å². The Hall–Kier alpha value is -2.44. The molecule has 0 atom stereocenters. The lowest BCUT2D eigenvalue weighted by atomic mass is 10.4. The highest BCUT2D eigenvalue weighted by Gasteiger charge is 2.21. The summed E-state index contributed by atoms with van der Waals surface area (Å²) in [5, 5.41) is 8.90. The van der Waals surface area contributed by atoms with E-state index in [1.807, 2.05) is 0 Å². The van der Waals surface area contributed by atoms with Gasteiger partial charge in [0.25, 0.3) is 10.0 Å². The molecule has 2 rings (SSSR count). The van der Waals surface area contributed by atoms with Gasteiger partial charge in [0.05, 0.1) is 7.11 Å². The molecule has 0 bridgehead atoms. The summed E-state index contributed by atoms with van der Waals surface area (Å²) in [6.45, 7) is 0. The van der Waals surface area contributed by atoms with Crippen molar-refractivity contribution in [3.05, 3.63) is 35.2 Å². The zero-order chi connectivity index (χ0) is 15.5. The first-order valence-electron chi connectivity index (χ1n) is 5.43. The minimum Gasteiger partial charge on any atom is -0.481 e. The maximum absolute atomic E-state index is 12.2. The van der Waals surface area contributed by atoms with Gasteiger partial charge in [-0.05, 0) is 12.1 Å². The highest BCUT2D eigenvalue weighted by Crippen LogP contribution is 2.19. The number of hydrogen-bond donors (Lipinski definition) is 1. The van der Waals surface area contributed by atoms with Crippen LogP contribution in [0.1, 0.15) is 5.69 Å². The second-order valence-corrected chi connectivity index (χ2v) is 5.66. The number of aromatic nitrogens is 3. The maximum atomic E-state index is 12.2. The fourth-order valence-electron chi connectivity index (χ4n) is 1.41. The zero-order valence-corrected chi connectivity index (χ0v) is 12.2. The molecular weight excluding hydrogens is 318 g/mol. The number of rotatable bonds is 4. The maximum Gasteiger partial charge on any atom is 0.267 e. The van der Waals surface area contributed by atoms with Crippen molar-refractivity contribution in [1.29, 1.82) is 5.26 Å². The smallest absolute Gasteiger partial charge is 0.267 e. The molecule has 0 unspecified atom stereocenters. The Morgan fingerprint density at radius 2 is 2.19 bits per heavy atom. The Morgan fingerprint density at radius 1 is 1.43 bits per heavy atom. The van der Waals surface area contributed by atoms with Crippen LogP contribution in [0.5, 0.6) is 5.88 Å². The predicted octanol–water partition coefficient (Wildman–Crippen LogP) is 1.21. The molecule has 8 nitrogen and oxygen atoms in total. The van der Waals surface area contributed by atoms with Gasteiger partial charge < -0.3 is 4.74 Å². The number of pyridine rings is 1. The van der Waals surface area contributed by atoms with Crippen LogP contribution in [0.15, 0.2) is 29.3 Å². The van der Waals surface area contributed by atoms with E-state index in [9.17, 15) is 8.42 Å². The van der Waals surface area contributed by atoms with Crippen molar-refractivity contribution in [1.82, 2.24) is 15.0 Å². The molecule has 2 aromatic rings. The van der Waals surface area contributed by atoms with E-state index >= 15 is 0 Å². The molecule has 0 saturated heterocycles. The highest BCUT2D eigenvalue weighted by molar-refractivity contribution is 7.92. The van der Waals surface area contributed by atoms with Gasteiger partial charge >= 0.3 is 0 Å². The molecule has 2 aromatic heterocycles. The number of ether oxygens (including phenoxy) is 1. The molecular formula is C11H8ClN5O3S. The minimum absolute atomic E-state index is 0.00578. The molecule has 0 radical (unpaired) electrons. The Balaban J connectivity index is 2.43. The van der Waals surface area contributed by atoms with Crippen LogP contribution >= 0.6 is 11.6 Å². The van der Waals surface area contributed by atoms with E-state index in [1.165, 1.54) is 31.5 Å². The lowest BCUT2D eigenvalue weighted by molar-refractivity contribution is 0.397. The van der Waals surface area contributed by atoms with Crippen LogP contribution in [0, 0.1) is 11.3 Å². The monoisotopic (exact) mass is 325 g/mol. The third-order valence-corrected chi connectivity index (χ3v) is 3.83. The number of nitriles is 1. The Morgan fingerprint density at radius 3 is 2.86 bits per heavy atom. The van der Waals surface area contributed by atoms with Crippen LogP contribution in [0.25, 0.3) is 0 Å². The summed E-state index contributed by atoms with van der Waals surface area (Å²) in [6.07, 6.45) is 1.32. The topological polar surface area (TPSA) is 118 Å². The zero-order valence-electron chi connectivity index (χ0n) is 10.6. The average Bonchev–Trinajstić information content (AvgIpc) is 2.46. The predicted molar refractivity (Wildman–Crippen MR) is 73.4 cm³/mol. The van der Waals surface area contributed by atoms with Gasteiger partial charge in [-0.1, -0.05) is 11.6 Å². The van der Waals surface area contributed by atoms with Gasteiger partial charge in [-0.25, -0.2) is 23.1 Å². The minimum atomic E-state index is -4.07. The molecule has 0 aromatic carbocycles. The summed E-state index contributed by atoms with van der Waals surface area (Å²) >= 11 is 5.73. The van der Waals surface area contributed by atoms with Crippen molar-refractivity contribution in [3.63, 3.8) is 0 Å². The highest BCUT2D eigenvalue weighted by atomic mass is 35.5. The fourth-order valence-corrected chi connectivity index (χ4v) is 2.64. The molecule has 0 spiro atoms. The second-order valence-electron chi connectivity index (χ2n) is 3.62. The standard InChI is InChI=1S/C11H8ClN5O3S/c1-20-10-5-9(12)15-11(16-10)17-21(18,19)8-3-2-4-14-7(8)6-13/h2-5H,1H3,(H,15,16,17). The number of methoxy groups -OCH3 is 1. The van der Waals surface area contributed by atoms with Gasteiger partial charge in [0.15, 0.2) is 5.69 Å². The molecule has 0 aliphatic rings. The third-order valence-electron chi connectivity index (χ3n) is 2.27. The SMILES string of the molecule is COc1cc(Cl)nc(NS(=O)(=O)c2cccnc2C#N)n1. The first-order valence-corrected chi connectivity index (χ1v) is 7.29. The Labute approximate surface area is 125 Å². The molecule has 0 aliphatic heterocycles. The van der Waals surface area contributed by atoms with Gasteiger partial charge in [-0.3, -0.25) is 0 Å². The van der Waals surface area contributed by atoms with Crippen LogP contribution in [-0.2, 0) is 10.0 Å². The fraction of sp³-hybridized carbons (Fsp3) is 0.0909. The van der Waals surface area contributed by atoms with Gasteiger partial charge in [-0.15, -0.1) is 0 Å². The summed E-state index contributed by atoms with van der Waals surface area (Å²) in [6, 6.07) is 5.67. The van der Waals surface area contributed by atoms with Crippen molar-refractivity contribution in [2.75, 3.05) is 11.8 Å². The molecule has 2 heterocycles. The molecule has 1 N–H and O–H groups in total. The number of nitrogens with one attached hydrogen (secondary N) is 1. The number of anilines is 1. The van der Waals surface area contributed by atoms with Crippen molar-refractivity contribution in [2.45, 2.75) is 4.90 Å². The van der Waals surface area contributed by atoms with Crippen LogP contribution in [0.3, 0.4) is 0 Å². The van der Waals surface area contributed by atoms with Crippen molar-refractivity contribution in [3.8, 4) is 11.9 Å². The normalized spacial score (nSPS) is 10.7. The summed E-state index contributed by atoms with van der Waals surface area (Å²) in [7, 11) is -2.72. The Bertz CT molecular complexity index is 819. The van der Waals surface area contributed by atoms with Gasteiger partial charge in [0.2, 0.25) is 11.8 Å². The molecule has 0 aliphatic carbocycles. The molecule has 108 valence electrons. The lowest BCUT2D eigenvalue weighted by Crippen LogP contribution is -2.17. The third kappa shape index (κ3) is 3.36. The molecule has 21 heavy (non-hydrogen) atoms. The number of halogens is 1. The quantitative estimate of drug-likeness (QED) is 0.839. The van der Waals surface area contributed by atoms with Crippen LogP contribution in [-0.4, -0.2) is 30.5 Å². The molecule has 0 amide bonds. The summed E-state index contributed by atoms with van der Waals surface area (Å²) in [5.74, 6) is -0.175. The Kier molecular flexibility index (Phi) is 4.21. The summed E-state index contributed by atoms with van der Waals surface area (Å²) in [4.78, 5) is 10.9. The van der Waals surface area contributed by atoms with E-state index in [1.54, 1.807) is 6.07 Å². The van der Waals surface area contributed by atoms with E-state index in [4.69, 9.17) is 21.6 Å². The summed E-state index contributed by atoms with van der Waals surface area (Å²) < 4.78 is 31.4. The number of hydrogen-bond acceptors (Lipinski definition) is 7. The number of nitrogens with zero attached hydrogens (tertiary/aromatic N) is 4. The first kappa shape index (κ1) is 15.0. The van der Waals surface area contributed by atoms with Gasteiger partial charge in [0.1, 0.15) is 16.1 Å². The van der Waals surface area contributed by atoms with Gasteiger partial charge in [-0.2, -0.15) is 10.2 Å². The van der Waals surface area contributed by atoms with E-state index in [-0.39, 0.29) is 27.6 Å². The van der Waals surface area contributed by atoms with E-state index < -0.39 is 10.0 Å². The molecule has 0 saturated carbocycles. The summed E-state index contributed by atoms with van der Waals surface area (Å²) in [5.41, 5.74) is -0.237. The largest absolute Gasteiger partial charge is 0.481 e. The first-order chi connectivity index (χ1) is 9.96. The molecule has 10 heteroatoms. The van der Waals surface area contributed by atoms with E-state index in [0.29, 0.717) is 0 Å². The number of sulfonamides is 1. The van der Waals surface area contributed by atoms with Crippen LogP contribution in [0.4, 0.5) is 5.95 Å². The van der Waals surface area contributed by atoms with E-state index in [2.05, 4.69) is 19.7 Å². The molecule has 0 fully saturated rings. The van der Waals surface area contributed by atoms with Crippen molar-refractivity contribution < 1.29 is 13.2 Å². The lowest BCUT2D eigenvalue weighted by Gasteiger charge is -2.08. The van der Waals surface area contributed by atoms with Crippen LogP contribution in [0.2, 0.25) is 5.15 Å². The van der Waals surface area contributed by atoms with E-state index in [0.717, 1.165) is 0 Å². The van der Waals surface area contributed by atoms with Crippen molar-refractivity contribution in [2.24, 2.45) is 0 Å². The second kappa shape index (κ2) is 5.90. The van der Waals surface area contributed by atoms with Crippen LogP contribution < -0.4 is 9.46 Å².